The van der Waals surface area contributed by atoms with Crippen LogP contribution in [0, 0.1) is 22.7 Å². The van der Waals surface area contributed by atoms with Gasteiger partial charge in [-0.3, -0.25) is 29.1 Å². The van der Waals surface area contributed by atoms with Gasteiger partial charge in [-0.1, -0.05) is 11.6 Å². The Morgan fingerprint density at radius 3 is 2.40 bits per heavy atom. The molecule has 1 spiro atoms. The third-order valence-corrected chi connectivity index (χ3v) is 13.7. The maximum absolute atomic E-state index is 13.3. The van der Waals surface area contributed by atoms with Gasteiger partial charge in [0.2, 0.25) is 11.8 Å². The van der Waals surface area contributed by atoms with Crippen LogP contribution in [0.5, 0.6) is 5.75 Å². The molecule has 2 aromatic carbocycles. The third kappa shape index (κ3) is 8.40. The van der Waals surface area contributed by atoms with E-state index in [1.165, 1.54) is 23.7 Å². The molecule has 60 heavy (non-hydrogen) atoms. The number of ether oxygens (including phenoxy) is 1. The lowest BCUT2D eigenvalue weighted by molar-refractivity contribution is -0.135. The van der Waals surface area contributed by atoms with E-state index < -0.39 is 11.9 Å². The fraction of sp³-hybridized carbons (Fsp3) is 0.500. The first kappa shape index (κ1) is 39.8. The van der Waals surface area contributed by atoms with Gasteiger partial charge >= 0.3 is 0 Å². The van der Waals surface area contributed by atoms with Crippen molar-refractivity contribution in [2.24, 2.45) is 11.3 Å². The van der Waals surface area contributed by atoms with Crippen molar-refractivity contribution in [3.8, 4) is 11.8 Å². The van der Waals surface area contributed by atoms with Crippen LogP contribution in [0.3, 0.4) is 0 Å². The number of halogens is 1. The van der Waals surface area contributed by atoms with Gasteiger partial charge in [0.05, 0.1) is 33.9 Å². The summed E-state index contributed by atoms with van der Waals surface area (Å²) in [6.45, 7) is 7.15. The van der Waals surface area contributed by atoms with Crippen molar-refractivity contribution in [2.45, 2.75) is 82.4 Å². The number of carbonyl (C=O) groups excluding carboxylic acids is 3. The summed E-state index contributed by atoms with van der Waals surface area (Å²) < 4.78 is 7.44. The normalized spacial score (nSPS) is 23.5. The molecule has 2 N–H and O–H groups in total. The number of nitrogens with zero attached hydrogens (tertiary/aromatic N) is 8. The predicted molar refractivity (Wildman–Crippen MR) is 225 cm³/mol. The number of hydrogen-bond acceptors (Lipinski definition) is 12. The van der Waals surface area contributed by atoms with E-state index in [9.17, 15) is 19.2 Å². The van der Waals surface area contributed by atoms with Crippen molar-refractivity contribution in [2.75, 3.05) is 55.6 Å². The number of anilines is 2. The monoisotopic (exact) mass is 832 g/mol. The van der Waals surface area contributed by atoms with E-state index in [4.69, 9.17) is 21.6 Å². The van der Waals surface area contributed by atoms with Crippen LogP contribution in [0.1, 0.15) is 86.3 Å². The summed E-state index contributed by atoms with van der Waals surface area (Å²) in [6, 6.07) is 15.9. The Hall–Kier alpha value is -5.59. The van der Waals surface area contributed by atoms with E-state index in [0.717, 1.165) is 95.8 Å². The SMILES string of the molecule is N#Cc1ccc(O[C@H]2CC[C@H](NC(=O)c3ccc(N4CCC(CN5CCC6(CC5)CN(c5ccc7c(=O)n(C8CCC(=O)NC8=O)cnc7c5)C6)CC4)nn3)CC2)cc1Cl. The summed E-state index contributed by atoms with van der Waals surface area (Å²) in [6.07, 6.45) is 9.70. The van der Waals surface area contributed by atoms with Gasteiger partial charge in [-0.15, -0.1) is 10.2 Å². The van der Waals surface area contributed by atoms with Gasteiger partial charge in [-0.25, -0.2) is 4.98 Å². The number of carbonyl (C=O) groups is 3. The van der Waals surface area contributed by atoms with Crippen molar-refractivity contribution in [3.63, 3.8) is 0 Å². The van der Waals surface area contributed by atoms with Gasteiger partial charge in [-0.2, -0.15) is 5.26 Å². The Morgan fingerprint density at radius 2 is 1.70 bits per heavy atom. The molecule has 1 unspecified atom stereocenters. The zero-order chi connectivity index (χ0) is 41.4. The fourth-order valence-electron chi connectivity index (χ4n) is 9.72. The first-order valence-corrected chi connectivity index (χ1v) is 21.6. The van der Waals surface area contributed by atoms with Crippen LogP contribution in [-0.2, 0) is 9.59 Å². The Bertz CT molecular complexity index is 2370. The summed E-state index contributed by atoms with van der Waals surface area (Å²) in [5, 5.41) is 24.1. The Morgan fingerprint density at radius 1 is 0.917 bits per heavy atom. The molecule has 4 aromatic rings. The van der Waals surface area contributed by atoms with Gasteiger partial charge in [0.15, 0.2) is 11.5 Å². The molecule has 6 heterocycles. The molecule has 16 heteroatoms. The molecular formula is C44H49ClN10O5. The van der Waals surface area contributed by atoms with Crippen LogP contribution in [0.2, 0.25) is 5.02 Å². The fourth-order valence-corrected chi connectivity index (χ4v) is 9.94. The van der Waals surface area contributed by atoms with Crippen molar-refractivity contribution in [1.82, 2.24) is 35.3 Å². The maximum Gasteiger partial charge on any atom is 0.272 e. The van der Waals surface area contributed by atoms with Gasteiger partial charge in [0.25, 0.3) is 11.5 Å². The number of amides is 3. The number of imide groups is 1. The lowest BCUT2D eigenvalue weighted by Gasteiger charge is -2.55. The highest BCUT2D eigenvalue weighted by molar-refractivity contribution is 6.31. The maximum atomic E-state index is 13.3. The number of likely N-dealkylation sites (tertiary alicyclic amines) is 1. The molecule has 2 aromatic heterocycles. The topological polar surface area (TPSA) is 179 Å². The minimum atomic E-state index is -0.725. The van der Waals surface area contributed by atoms with Crippen LogP contribution in [0.15, 0.2) is 59.7 Å². The second-order valence-electron chi connectivity index (χ2n) is 17.3. The molecule has 4 saturated heterocycles. The number of hydrogen-bond donors (Lipinski definition) is 2. The molecule has 4 aliphatic heterocycles. The van der Waals surface area contributed by atoms with E-state index in [1.54, 1.807) is 24.3 Å². The van der Waals surface area contributed by atoms with E-state index in [1.807, 2.05) is 24.3 Å². The number of nitriles is 1. The summed E-state index contributed by atoms with van der Waals surface area (Å²) >= 11 is 6.15. The van der Waals surface area contributed by atoms with Crippen molar-refractivity contribution in [1.29, 1.82) is 5.26 Å². The molecule has 5 fully saturated rings. The number of nitrogens with one attached hydrogen (secondary N) is 2. The van der Waals surface area contributed by atoms with Gasteiger partial charge in [0, 0.05) is 62.4 Å². The summed E-state index contributed by atoms with van der Waals surface area (Å²) in [7, 11) is 0. The zero-order valence-corrected chi connectivity index (χ0v) is 34.3. The molecular weight excluding hydrogens is 784 g/mol. The molecule has 1 aliphatic carbocycles. The van der Waals surface area contributed by atoms with Gasteiger partial charge in [-0.05, 0) is 119 Å². The molecule has 9 rings (SSSR count). The van der Waals surface area contributed by atoms with Crippen molar-refractivity contribution in [3.05, 3.63) is 81.5 Å². The molecule has 0 radical (unpaired) electrons. The summed E-state index contributed by atoms with van der Waals surface area (Å²) in [4.78, 5) is 62.1. The minimum absolute atomic E-state index is 0.0308. The smallest absolute Gasteiger partial charge is 0.272 e. The van der Waals surface area contributed by atoms with Crippen LogP contribution < -0.4 is 30.7 Å². The molecule has 15 nitrogen and oxygen atoms in total. The largest absolute Gasteiger partial charge is 0.490 e. The van der Waals surface area contributed by atoms with E-state index in [2.05, 4.69) is 46.6 Å². The van der Waals surface area contributed by atoms with Crippen molar-refractivity contribution < 1.29 is 19.1 Å². The molecule has 0 bridgehead atoms. The average molecular weight is 833 g/mol. The second kappa shape index (κ2) is 16.8. The first-order chi connectivity index (χ1) is 29.1. The number of aromatic nitrogens is 4. The van der Waals surface area contributed by atoms with Crippen LogP contribution in [0.25, 0.3) is 10.9 Å². The van der Waals surface area contributed by atoms with E-state index in [-0.39, 0.29) is 35.9 Å². The predicted octanol–water partition coefficient (Wildman–Crippen LogP) is 4.63. The average Bonchev–Trinajstić information content (AvgIpc) is 3.25. The quantitative estimate of drug-likeness (QED) is 0.224. The molecule has 3 amide bonds. The van der Waals surface area contributed by atoms with Crippen molar-refractivity contribution >= 4 is 51.7 Å². The number of fused-ring (bicyclic) bond motifs is 1. The molecule has 1 saturated carbocycles. The third-order valence-electron chi connectivity index (χ3n) is 13.4. The Balaban J connectivity index is 0.685. The Labute approximate surface area is 353 Å². The van der Waals surface area contributed by atoms with E-state index in [0.29, 0.717) is 50.7 Å². The zero-order valence-electron chi connectivity index (χ0n) is 33.5. The molecule has 312 valence electrons. The van der Waals surface area contributed by atoms with Gasteiger partial charge < -0.3 is 24.8 Å². The highest BCUT2D eigenvalue weighted by Crippen LogP contribution is 2.43. The molecule has 1 atom stereocenters. The molecule has 5 aliphatic rings. The number of rotatable bonds is 9. The lowest BCUT2D eigenvalue weighted by atomic mass is 9.71. The van der Waals surface area contributed by atoms with E-state index >= 15 is 0 Å². The van der Waals surface area contributed by atoms with Crippen LogP contribution in [-0.4, -0.2) is 100 Å². The highest BCUT2D eigenvalue weighted by Gasteiger charge is 2.45. The Kier molecular flexibility index (Phi) is 11.2. The highest BCUT2D eigenvalue weighted by atomic mass is 35.5. The minimum Gasteiger partial charge on any atom is -0.490 e. The van der Waals surface area contributed by atoms with Crippen LogP contribution >= 0.6 is 11.6 Å². The van der Waals surface area contributed by atoms with Gasteiger partial charge in [0.1, 0.15) is 17.9 Å². The summed E-state index contributed by atoms with van der Waals surface area (Å²) in [5.41, 5.74) is 2.47. The first-order valence-electron chi connectivity index (χ1n) is 21.2. The van der Waals surface area contributed by atoms with Crippen LogP contribution in [0.4, 0.5) is 11.5 Å². The number of benzene rings is 2. The number of piperidine rings is 3. The second-order valence-corrected chi connectivity index (χ2v) is 17.7. The lowest BCUT2D eigenvalue weighted by Crippen LogP contribution is -2.60. The summed E-state index contributed by atoms with van der Waals surface area (Å²) in [5.74, 6) is 1.12. The standard InChI is InChI=1S/C44H49ClN10O5/c45-35-22-33(5-1-29(35)23-46)60-32-6-2-30(3-7-32)48-41(57)36-9-11-39(51-50-36)53-17-13-28(14-18-53)24-52-19-15-44(16-20-52)25-54(26-44)31-4-8-34-37(21-31)47-27-55(43(34)59)38-10-12-40(56)49-42(38)58/h1,4-5,8-9,11,21-22,27-28,30,32,38H,2-3,6-7,10,12-20,24-26H2,(H,48,57)(H,49,56,58)/t30-,32-,38?.